The van der Waals surface area contributed by atoms with E-state index in [1.165, 1.54) is 0 Å². The van der Waals surface area contributed by atoms with Crippen LogP contribution in [0.3, 0.4) is 0 Å². The second-order valence-electron chi connectivity index (χ2n) is 7.28. The summed E-state index contributed by atoms with van der Waals surface area (Å²) in [6, 6.07) is 17.8. The summed E-state index contributed by atoms with van der Waals surface area (Å²) in [5, 5.41) is 7.69. The minimum Gasteiger partial charge on any atom is -0.334 e. The normalized spacial score (nSPS) is 13.3. The highest BCUT2D eigenvalue weighted by Gasteiger charge is 2.28. The van der Waals surface area contributed by atoms with E-state index in [-0.39, 0.29) is 5.91 Å². The summed E-state index contributed by atoms with van der Waals surface area (Å²) < 4.78 is 1.93. The third-order valence-corrected chi connectivity index (χ3v) is 5.49. The van der Waals surface area contributed by atoms with Crippen molar-refractivity contribution in [2.45, 2.75) is 13.0 Å². The molecule has 0 spiro atoms. The number of carbonyl (C=O) groups is 1. The number of imidazole rings is 1. The van der Waals surface area contributed by atoms with Gasteiger partial charge in [0.25, 0.3) is 5.91 Å². The molecule has 4 aromatic rings. The van der Waals surface area contributed by atoms with Crippen LogP contribution in [0.2, 0.25) is 0 Å². The summed E-state index contributed by atoms with van der Waals surface area (Å²) in [6.07, 6.45) is 4.41. The summed E-state index contributed by atoms with van der Waals surface area (Å²) in [5.41, 5.74) is 5.74. The maximum atomic E-state index is 13.5. The number of nitrogens with zero attached hydrogens (tertiary/aromatic N) is 4. The first-order valence-electron chi connectivity index (χ1n) is 9.70. The summed E-state index contributed by atoms with van der Waals surface area (Å²) in [4.78, 5) is 19.8. The van der Waals surface area contributed by atoms with E-state index in [1.54, 1.807) is 6.20 Å². The highest BCUT2D eigenvalue weighted by molar-refractivity contribution is 6.00. The van der Waals surface area contributed by atoms with Crippen molar-refractivity contribution >= 4 is 5.91 Å². The smallest absolute Gasteiger partial charge is 0.254 e. The van der Waals surface area contributed by atoms with Crippen molar-refractivity contribution in [3.05, 3.63) is 83.8 Å². The number of H-pyrrole nitrogens is 1. The largest absolute Gasteiger partial charge is 0.334 e. The van der Waals surface area contributed by atoms with Gasteiger partial charge in [-0.2, -0.15) is 5.10 Å². The molecule has 2 aromatic carbocycles. The predicted molar refractivity (Wildman–Crippen MR) is 111 cm³/mol. The molecule has 0 atom stereocenters. The van der Waals surface area contributed by atoms with Crippen molar-refractivity contribution in [2.24, 2.45) is 7.05 Å². The van der Waals surface area contributed by atoms with Gasteiger partial charge in [-0.25, -0.2) is 4.98 Å². The van der Waals surface area contributed by atoms with Crippen molar-refractivity contribution in [1.82, 2.24) is 24.6 Å². The molecule has 0 radical (unpaired) electrons. The van der Waals surface area contributed by atoms with Crippen LogP contribution in [0.25, 0.3) is 22.6 Å². The maximum absolute atomic E-state index is 13.5. The number of fused-ring (bicyclic) bond motifs is 1. The fourth-order valence-corrected chi connectivity index (χ4v) is 3.96. The Labute approximate surface area is 168 Å². The fourth-order valence-electron chi connectivity index (χ4n) is 3.96. The van der Waals surface area contributed by atoms with Crippen LogP contribution in [-0.4, -0.2) is 37.1 Å². The number of benzene rings is 2. The molecule has 0 fully saturated rings. The van der Waals surface area contributed by atoms with Gasteiger partial charge in [0.15, 0.2) is 0 Å². The molecule has 1 amide bonds. The Bertz CT molecular complexity index is 1170. The van der Waals surface area contributed by atoms with E-state index < -0.39 is 0 Å². The minimum absolute atomic E-state index is 0.0226. The monoisotopic (exact) mass is 383 g/mol. The van der Waals surface area contributed by atoms with Gasteiger partial charge in [0.2, 0.25) is 0 Å². The van der Waals surface area contributed by atoms with E-state index in [2.05, 4.69) is 15.2 Å². The van der Waals surface area contributed by atoms with Gasteiger partial charge in [-0.1, -0.05) is 48.5 Å². The molecule has 0 saturated carbocycles. The molecule has 29 heavy (non-hydrogen) atoms. The lowest BCUT2D eigenvalue weighted by Gasteiger charge is -2.28. The van der Waals surface area contributed by atoms with Crippen molar-refractivity contribution in [3.63, 3.8) is 0 Å². The lowest BCUT2D eigenvalue weighted by Crippen LogP contribution is -2.36. The SMILES string of the molecule is Cn1ccnc1-c1ccccc1C(=O)N1CCc2[nH]nc(-c3ccccc3)c2C1. The van der Waals surface area contributed by atoms with Crippen molar-refractivity contribution in [3.8, 4) is 22.6 Å². The van der Waals surface area contributed by atoms with Crippen molar-refractivity contribution in [1.29, 1.82) is 0 Å². The average Bonchev–Trinajstić information content (AvgIpc) is 3.39. The van der Waals surface area contributed by atoms with Crippen molar-refractivity contribution in [2.75, 3.05) is 6.54 Å². The van der Waals surface area contributed by atoms with Crippen LogP contribution < -0.4 is 0 Å². The number of aromatic nitrogens is 4. The van der Waals surface area contributed by atoms with Gasteiger partial charge in [-0.3, -0.25) is 9.89 Å². The fraction of sp³-hybridized carbons (Fsp3) is 0.174. The second-order valence-corrected chi connectivity index (χ2v) is 7.28. The molecule has 0 aliphatic carbocycles. The zero-order valence-corrected chi connectivity index (χ0v) is 16.2. The zero-order valence-electron chi connectivity index (χ0n) is 16.2. The number of aryl methyl sites for hydroxylation is 1. The Morgan fingerprint density at radius 2 is 1.86 bits per heavy atom. The quantitative estimate of drug-likeness (QED) is 0.587. The predicted octanol–water partition coefficient (Wildman–Crippen LogP) is 3.68. The minimum atomic E-state index is 0.0226. The highest BCUT2D eigenvalue weighted by atomic mass is 16.2. The Hall–Kier alpha value is -3.67. The number of aromatic amines is 1. The first-order valence-corrected chi connectivity index (χ1v) is 9.70. The van der Waals surface area contributed by atoms with E-state index in [0.717, 1.165) is 40.3 Å². The first kappa shape index (κ1) is 17.4. The Morgan fingerprint density at radius 1 is 1.07 bits per heavy atom. The second kappa shape index (κ2) is 7.05. The highest BCUT2D eigenvalue weighted by Crippen LogP contribution is 2.30. The third-order valence-electron chi connectivity index (χ3n) is 5.49. The molecule has 6 nitrogen and oxygen atoms in total. The summed E-state index contributed by atoms with van der Waals surface area (Å²) >= 11 is 0. The molecule has 3 heterocycles. The molecule has 1 aliphatic rings. The van der Waals surface area contributed by atoms with Gasteiger partial charge in [0, 0.05) is 61.3 Å². The van der Waals surface area contributed by atoms with Gasteiger partial charge in [0.05, 0.1) is 11.3 Å². The molecule has 1 aliphatic heterocycles. The Balaban J connectivity index is 1.49. The average molecular weight is 383 g/mol. The van der Waals surface area contributed by atoms with Crippen LogP contribution in [-0.2, 0) is 20.0 Å². The first-order chi connectivity index (χ1) is 14.2. The van der Waals surface area contributed by atoms with Crippen LogP contribution >= 0.6 is 0 Å². The topological polar surface area (TPSA) is 66.8 Å². The molecule has 0 saturated heterocycles. The molecule has 5 rings (SSSR count). The molecule has 1 N–H and O–H groups in total. The van der Waals surface area contributed by atoms with E-state index in [1.807, 2.05) is 77.3 Å². The van der Waals surface area contributed by atoms with Gasteiger partial charge < -0.3 is 9.47 Å². The lowest BCUT2D eigenvalue weighted by atomic mass is 9.99. The standard InChI is InChI=1S/C23H21N5O/c1-27-14-12-24-22(27)17-9-5-6-10-18(17)23(29)28-13-11-20-19(15-28)21(26-25-20)16-7-3-2-4-8-16/h2-10,12,14H,11,13,15H2,1H3,(H,25,26). The number of hydrogen-bond acceptors (Lipinski definition) is 3. The Kier molecular flexibility index (Phi) is 4.24. The van der Waals surface area contributed by atoms with Crippen molar-refractivity contribution < 1.29 is 4.79 Å². The number of amides is 1. The van der Waals surface area contributed by atoms with Gasteiger partial charge in [-0.15, -0.1) is 0 Å². The van der Waals surface area contributed by atoms with Gasteiger partial charge in [-0.05, 0) is 6.07 Å². The zero-order chi connectivity index (χ0) is 19.8. The third kappa shape index (κ3) is 3.02. The van der Waals surface area contributed by atoms with E-state index in [9.17, 15) is 4.79 Å². The van der Waals surface area contributed by atoms with Crippen LogP contribution in [0.1, 0.15) is 21.6 Å². The number of nitrogens with one attached hydrogen (secondary N) is 1. The number of carbonyl (C=O) groups excluding carboxylic acids is 1. The number of rotatable bonds is 3. The molecule has 6 heteroatoms. The molecular weight excluding hydrogens is 362 g/mol. The van der Waals surface area contributed by atoms with Crippen LogP contribution in [0.5, 0.6) is 0 Å². The Morgan fingerprint density at radius 3 is 2.66 bits per heavy atom. The lowest BCUT2D eigenvalue weighted by molar-refractivity contribution is 0.0735. The molecule has 144 valence electrons. The van der Waals surface area contributed by atoms with Gasteiger partial charge in [0.1, 0.15) is 5.82 Å². The van der Waals surface area contributed by atoms with E-state index in [0.29, 0.717) is 18.7 Å². The van der Waals surface area contributed by atoms with Crippen LogP contribution in [0.4, 0.5) is 0 Å². The van der Waals surface area contributed by atoms with Gasteiger partial charge >= 0.3 is 0 Å². The van der Waals surface area contributed by atoms with E-state index >= 15 is 0 Å². The summed E-state index contributed by atoms with van der Waals surface area (Å²) in [6.45, 7) is 1.21. The summed E-state index contributed by atoms with van der Waals surface area (Å²) in [5.74, 6) is 0.814. The summed E-state index contributed by atoms with van der Waals surface area (Å²) in [7, 11) is 1.94. The molecule has 2 aromatic heterocycles. The van der Waals surface area contributed by atoms with Crippen LogP contribution in [0.15, 0.2) is 67.0 Å². The number of hydrogen-bond donors (Lipinski definition) is 1. The maximum Gasteiger partial charge on any atom is 0.254 e. The molecule has 0 bridgehead atoms. The van der Waals surface area contributed by atoms with Crippen LogP contribution in [0, 0.1) is 0 Å². The molecule has 0 unspecified atom stereocenters. The molecular formula is C23H21N5O. The van der Waals surface area contributed by atoms with E-state index in [4.69, 9.17) is 0 Å².